The molecular formula is C8H15NO3S. The summed E-state index contributed by atoms with van der Waals surface area (Å²) in [6.45, 7) is 3.46. The largest absolute Gasteiger partial charge is 0.327 e. The summed E-state index contributed by atoms with van der Waals surface area (Å²) in [6.07, 6.45) is -0.180. The van der Waals surface area contributed by atoms with E-state index >= 15 is 0 Å². The highest BCUT2D eigenvalue weighted by molar-refractivity contribution is 7.86. The van der Waals surface area contributed by atoms with Crippen LogP contribution in [-0.4, -0.2) is 26.8 Å². The van der Waals surface area contributed by atoms with Crippen molar-refractivity contribution in [1.82, 2.24) is 0 Å². The van der Waals surface area contributed by atoms with Crippen molar-refractivity contribution in [1.29, 1.82) is 0 Å². The lowest BCUT2D eigenvalue weighted by atomic mass is 10.4. The molecule has 0 fully saturated rings. The maximum atomic E-state index is 11.1. The number of nitrogens with two attached hydrogens (primary N) is 1. The van der Waals surface area contributed by atoms with Crippen LogP contribution < -0.4 is 5.73 Å². The standard InChI is InChI=1S/C8H15NO3S/c1-3-5-8(7-9)12-13(10,11)6-4-2/h8H,4,6-7,9H2,1-2H3. The topological polar surface area (TPSA) is 69.4 Å². The zero-order valence-electron chi connectivity index (χ0n) is 7.91. The quantitative estimate of drug-likeness (QED) is 0.510. The van der Waals surface area contributed by atoms with E-state index in [1.165, 1.54) is 0 Å². The van der Waals surface area contributed by atoms with Crippen molar-refractivity contribution < 1.29 is 12.6 Å². The van der Waals surface area contributed by atoms with E-state index in [2.05, 4.69) is 11.8 Å². The Labute approximate surface area is 79.6 Å². The van der Waals surface area contributed by atoms with Crippen LogP contribution in [0.4, 0.5) is 0 Å². The highest BCUT2D eigenvalue weighted by atomic mass is 32.2. The van der Waals surface area contributed by atoms with Gasteiger partial charge in [-0.1, -0.05) is 12.8 Å². The summed E-state index contributed by atoms with van der Waals surface area (Å²) < 4.78 is 27.0. The van der Waals surface area contributed by atoms with E-state index < -0.39 is 16.2 Å². The third-order valence-corrected chi connectivity index (χ3v) is 2.67. The Balaban J connectivity index is 4.28. The lowest BCUT2D eigenvalue weighted by molar-refractivity contribution is 0.271. The van der Waals surface area contributed by atoms with Gasteiger partial charge in [0.1, 0.15) is 6.10 Å². The van der Waals surface area contributed by atoms with Gasteiger partial charge in [-0.2, -0.15) is 8.42 Å². The van der Waals surface area contributed by atoms with Crippen LogP contribution in [0.1, 0.15) is 20.3 Å². The molecule has 1 unspecified atom stereocenters. The molecular weight excluding hydrogens is 190 g/mol. The maximum absolute atomic E-state index is 11.1. The Hall–Kier alpha value is -0.570. The van der Waals surface area contributed by atoms with Crippen LogP contribution in [0, 0.1) is 11.8 Å². The molecule has 0 aromatic heterocycles. The first-order valence-electron chi connectivity index (χ1n) is 4.09. The van der Waals surface area contributed by atoms with Crippen molar-refractivity contribution >= 4 is 10.1 Å². The molecule has 0 aromatic rings. The molecule has 0 rings (SSSR count). The lowest BCUT2D eigenvalue weighted by Crippen LogP contribution is -2.26. The molecule has 0 aromatic carbocycles. The molecule has 0 spiro atoms. The second-order valence-electron chi connectivity index (χ2n) is 2.48. The SMILES string of the molecule is CC#CC(CN)OS(=O)(=O)CCC. The summed E-state index contributed by atoms with van der Waals surface area (Å²) in [7, 11) is -3.45. The van der Waals surface area contributed by atoms with Gasteiger partial charge in [0.25, 0.3) is 10.1 Å². The Morgan fingerprint density at radius 2 is 2.15 bits per heavy atom. The smallest absolute Gasteiger partial charge is 0.268 e. The zero-order chi connectivity index (χ0) is 10.3. The molecule has 0 bridgehead atoms. The molecule has 1 atom stereocenters. The summed E-state index contributed by atoms with van der Waals surface area (Å²) in [6, 6.07) is 0. The molecule has 0 heterocycles. The van der Waals surface area contributed by atoms with Crippen LogP contribution in [0.3, 0.4) is 0 Å². The predicted molar refractivity (Wildman–Crippen MR) is 51.5 cm³/mol. The average Bonchev–Trinajstić information content (AvgIpc) is 2.03. The summed E-state index contributed by atoms with van der Waals surface area (Å²) in [5.41, 5.74) is 5.27. The van der Waals surface area contributed by atoms with E-state index in [1.54, 1.807) is 13.8 Å². The van der Waals surface area contributed by atoms with E-state index in [4.69, 9.17) is 9.92 Å². The number of hydrogen-bond donors (Lipinski definition) is 1. The van der Waals surface area contributed by atoms with Gasteiger partial charge in [0.2, 0.25) is 0 Å². The second-order valence-corrected chi connectivity index (χ2v) is 4.19. The van der Waals surface area contributed by atoms with Gasteiger partial charge in [0.05, 0.1) is 5.75 Å². The van der Waals surface area contributed by atoms with Crippen LogP contribution in [-0.2, 0) is 14.3 Å². The van der Waals surface area contributed by atoms with Gasteiger partial charge in [-0.15, -0.1) is 5.92 Å². The Morgan fingerprint density at radius 1 is 1.54 bits per heavy atom. The average molecular weight is 205 g/mol. The van der Waals surface area contributed by atoms with E-state index in [0.717, 1.165) is 0 Å². The molecule has 0 amide bonds. The highest BCUT2D eigenvalue weighted by Gasteiger charge is 2.15. The minimum atomic E-state index is -3.45. The summed E-state index contributed by atoms with van der Waals surface area (Å²) in [5.74, 6) is 5.14. The molecule has 76 valence electrons. The van der Waals surface area contributed by atoms with Crippen LogP contribution in [0.2, 0.25) is 0 Å². The van der Waals surface area contributed by atoms with Gasteiger partial charge in [0, 0.05) is 6.54 Å². The van der Waals surface area contributed by atoms with Crippen LogP contribution in [0.25, 0.3) is 0 Å². The summed E-state index contributed by atoms with van der Waals surface area (Å²) >= 11 is 0. The van der Waals surface area contributed by atoms with Crippen molar-refractivity contribution in [3.05, 3.63) is 0 Å². The molecule has 0 aliphatic carbocycles. The first-order chi connectivity index (χ1) is 6.05. The molecule has 0 aliphatic rings. The van der Waals surface area contributed by atoms with Crippen molar-refractivity contribution in [3.8, 4) is 11.8 Å². The molecule has 2 N–H and O–H groups in total. The fourth-order valence-electron chi connectivity index (χ4n) is 0.758. The lowest BCUT2D eigenvalue weighted by Gasteiger charge is -2.08. The molecule has 0 aliphatic heterocycles. The van der Waals surface area contributed by atoms with Crippen molar-refractivity contribution in [2.24, 2.45) is 5.73 Å². The molecule has 0 saturated carbocycles. The van der Waals surface area contributed by atoms with E-state index in [1.807, 2.05) is 0 Å². The van der Waals surface area contributed by atoms with Crippen LogP contribution in [0.5, 0.6) is 0 Å². The summed E-state index contributed by atoms with van der Waals surface area (Å²) in [4.78, 5) is 0. The molecule has 5 heteroatoms. The Bertz CT molecular complexity index is 286. The minimum Gasteiger partial charge on any atom is -0.327 e. The van der Waals surface area contributed by atoms with Crippen molar-refractivity contribution in [3.63, 3.8) is 0 Å². The first kappa shape index (κ1) is 12.4. The normalized spacial score (nSPS) is 13.2. The van der Waals surface area contributed by atoms with Gasteiger partial charge >= 0.3 is 0 Å². The van der Waals surface area contributed by atoms with Crippen molar-refractivity contribution in [2.75, 3.05) is 12.3 Å². The Kier molecular flexibility index (Phi) is 5.71. The van der Waals surface area contributed by atoms with E-state index in [9.17, 15) is 8.42 Å². The zero-order valence-corrected chi connectivity index (χ0v) is 8.73. The summed E-state index contributed by atoms with van der Waals surface area (Å²) in [5, 5.41) is 0. The second kappa shape index (κ2) is 5.97. The molecule has 13 heavy (non-hydrogen) atoms. The van der Waals surface area contributed by atoms with E-state index in [-0.39, 0.29) is 12.3 Å². The predicted octanol–water partition coefficient (Wildman–Crippen LogP) is 0.0934. The molecule has 4 nitrogen and oxygen atoms in total. The maximum Gasteiger partial charge on any atom is 0.268 e. The number of hydrogen-bond acceptors (Lipinski definition) is 4. The van der Waals surface area contributed by atoms with Crippen LogP contribution >= 0.6 is 0 Å². The fourth-order valence-corrected chi connectivity index (χ4v) is 1.84. The van der Waals surface area contributed by atoms with Gasteiger partial charge in [-0.3, -0.25) is 4.18 Å². The van der Waals surface area contributed by atoms with Gasteiger partial charge in [-0.25, -0.2) is 0 Å². The van der Waals surface area contributed by atoms with Crippen LogP contribution in [0.15, 0.2) is 0 Å². The van der Waals surface area contributed by atoms with Crippen molar-refractivity contribution in [2.45, 2.75) is 26.4 Å². The van der Waals surface area contributed by atoms with Gasteiger partial charge < -0.3 is 5.73 Å². The Morgan fingerprint density at radius 3 is 2.54 bits per heavy atom. The minimum absolute atomic E-state index is 0.00882. The fraction of sp³-hybridized carbons (Fsp3) is 0.750. The highest BCUT2D eigenvalue weighted by Crippen LogP contribution is 2.00. The van der Waals surface area contributed by atoms with Gasteiger partial charge in [-0.05, 0) is 13.3 Å². The number of rotatable bonds is 5. The van der Waals surface area contributed by atoms with E-state index in [0.29, 0.717) is 6.42 Å². The third-order valence-electron chi connectivity index (χ3n) is 1.24. The molecule has 0 radical (unpaired) electrons. The first-order valence-corrected chi connectivity index (χ1v) is 5.66. The molecule has 0 saturated heterocycles. The monoisotopic (exact) mass is 205 g/mol. The van der Waals surface area contributed by atoms with Gasteiger partial charge in [0.15, 0.2) is 0 Å². The third kappa shape index (κ3) is 5.64.